The van der Waals surface area contributed by atoms with Crippen molar-refractivity contribution >= 4 is 12.4 Å². The first-order valence-corrected chi connectivity index (χ1v) is 2.88. The standard InChI is InChI=1S/C5H9N3O.ClH/c1-2-4-7-8-5(3-6)9-4;/h2-3,6H2,1H3;1H. The molecule has 0 fully saturated rings. The third kappa shape index (κ3) is 1.97. The second-order valence-electron chi connectivity index (χ2n) is 1.65. The van der Waals surface area contributed by atoms with Crippen molar-refractivity contribution in [3.05, 3.63) is 11.8 Å². The Morgan fingerprint density at radius 3 is 2.30 bits per heavy atom. The van der Waals surface area contributed by atoms with Crippen LogP contribution in [0.3, 0.4) is 0 Å². The molecule has 0 bridgehead atoms. The first-order valence-electron chi connectivity index (χ1n) is 2.88. The van der Waals surface area contributed by atoms with Crippen LogP contribution in [0.15, 0.2) is 4.42 Å². The van der Waals surface area contributed by atoms with E-state index in [1.807, 2.05) is 6.92 Å². The molecule has 2 N–H and O–H groups in total. The zero-order valence-corrected chi connectivity index (χ0v) is 6.52. The van der Waals surface area contributed by atoms with E-state index in [0.29, 0.717) is 18.3 Å². The molecule has 0 aliphatic heterocycles. The SMILES string of the molecule is CCc1nnc(CN)o1.Cl. The van der Waals surface area contributed by atoms with Gasteiger partial charge in [-0.15, -0.1) is 22.6 Å². The molecule has 0 aliphatic carbocycles. The van der Waals surface area contributed by atoms with Crippen LogP contribution in [0, 0.1) is 0 Å². The molecular weight excluding hydrogens is 154 g/mol. The summed E-state index contributed by atoms with van der Waals surface area (Å²) in [5, 5.41) is 7.37. The maximum absolute atomic E-state index is 5.22. The molecule has 1 aromatic heterocycles. The third-order valence-electron chi connectivity index (χ3n) is 0.986. The lowest BCUT2D eigenvalue weighted by molar-refractivity contribution is 0.456. The molecule has 1 rings (SSSR count). The Morgan fingerprint density at radius 1 is 1.40 bits per heavy atom. The van der Waals surface area contributed by atoms with Gasteiger partial charge < -0.3 is 10.2 Å². The summed E-state index contributed by atoms with van der Waals surface area (Å²) in [4.78, 5) is 0. The summed E-state index contributed by atoms with van der Waals surface area (Å²) >= 11 is 0. The number of halogens is 1. The van der Waals surface area contributed by atoms with Crippen molar-refractivity contribution in [2.75, 3.05) is 0 Å². The monoisotopic (exact) mass is 163 g/mol. The van der Waals surface area contributed by atoms with Crippen LogP contribution >= 0.6 is 12.4 Å². The largest absolute Gasteiger partial charge is 0.424 e. The van der Waals surface area contributed by atoms with Crippen LogP contribution in [0.25, 0.3) is 0 Å². The van der Waals surface area contributed by atoms with Crippen LogP contribution in [0.2, 0.25) is 0 Å². The average molecular weight is 164 g/mol. The van der Waals surface area contributed by atoms with Gasteiger partial charge in [-0.25, -0.2) is 0 Å². The molecule has 0 saturated carbocycles. The molecule has 10 heavy (non-hydrogen) atoms. The summed E-state index contributed by atoms with van der Waals surface area (Å²) in [5.74, 6) is 1.15. The predicted molar refractivity (Wildman–Crippen MR) is 38.8 cm³/mol. The van der Waals surface area contributed by atoms with Crippen molar-refractivity contribution in [3.8, 4) is 0 Å². The molecule has 0 amide bonds. The van der Waals surface area contributed by atoms with Gasteiger partial charge in [-0.3, -0.25) is 0 Å². The van der Waals surface area contributed by atoms with E-state index in [-0.39, 0.29) is 12.4 Å². The van der Waals surface area contributed by atoms with Gasteiger partial charge in [0.1, 0.15) is 0 Å². The Kier molecular flexibility index (Phi) is 3.99. The molecule has 0 aromatic carbocycles. The van der Waals surface area contributed by atoms with Crippen molar-refractivity contribution in [1.82, 2.24) is 10.2 Å². The zero-order valence-electron chi connectivity index (χ0n) is 5.70. The second kappa shape index (κ2) is 4.24. The molecule has 5 heteroatoms. The Balaban J connectivity index is 0.000000810. The highest BCUT2D eigenvalue weighted by Crippen LogP contribution is 1.97. The van der Waals surface area contributed by atoms with Crippen LogP contribution in [0.4, 0.5) is 0 Å². The summed E-state index contributed by atoms with van der Waals surface area (Å²) in [6.07, 6.45) is 0.771. The molecule has 58 valence electrons. The minimum absolute atomic E-state index is 0. The molecule has 0 radical (unpaired) electrons. The zero-order chi connectivity index (χ0) is 6.69. The summed E-state index contributed by atoms with van der Waals surface area (Å²) < 4.78 is 5.03. The van der Waals surface area contributed by atoms with Gasteiger partial charge >= 0.3 is 0 Å². The highest BCUT2D eigenvalue weighted by Gasteiger charge is 1.99. The van der Waals surface area contributed by atoms with E-state index in [1.165, 1.54) is 0 Å². The Hall–Kier alpha value is -0.610. The lowest BCUT2D eigenvalue weighted by Crippen LogP contribution is -1.95. The number of nitrogens with two attached hydrogens (primary N) is 1. The van der Waals surface area contributed by atoms with E-state index in [2.05, 4.69) is 10.2 Å². The summed E-state index contributed by atoms with van der Waals surface area (Å²) in [7, 11) is 0. The molecule has 0 saturated heterocycles. The fourth-order valence-electron chi connectivity index (χ4n) is 0.514. The van der Waals surface area contributed by atoms with Crippen LogP contribution in [-0.2, 0) is 13.0 Å². The normalized spacial score (nSPS) is 9.00. The molecule has 0 aliphatic rings. The number of hydrogen-bond acceptors (Lipinski definition) is 4. The van der Waals surface area contributed by atoms with Crippen LogP contribution in [0.5, 0.6) is 0 Å². The highest BCUT2D eigenvalue weighted by atomic mass is 35.5. The minimum Gasteiger partial charge on any atom is -0.424 e. The highest BCUT2D eigenvalue weighted by molar-refractivity contribution is 5.85. The molecule has 4 nitrogen and oxygen atoms in total. The van der Waals surface area contributed by atoms with Gasteiger partial charge in [-0.1, -0.05) is 6.92 Å². The Morgan fingerprint density at radius 2 is 2.00 bits per heavy atom. The number of aryl methyl sites for hydroxylation is 1. The quantitative estimate of drug-likeness (QED) is 0.690. The van der Waals surface area contributed by atoms with Gasteiger partial charge in [0.2, 0.25) is 11.8 Å². The Bertz CT molecular complexity index is 170. The van der Waals surface area contributed by atoms with Gasteiger partial charge in [0.15, 0.2) is 0 Å². The smallest absolute Gasteiger partial charge is 0.230 e. The fourth-order valence-corrected chi connectivity index (χ4v) is 0.514. The van der Waals surface area contributed by atoms with Crippen molar-refractivity contribution in [1.29, 1.82) is 0 Å². The van der Waals surface area contributed by atoms with Gasteiger partial charge in [0.25, 0.3) is 0 Å². The number of rotatable bonds is 2. The van der Waals surface area contributed by atoms with E-state index < -0.39 is 0 Å². The number of nitrogens with zero attached hydrogens (tertiary/aromatic N) is 2. The van der Waals surface area contributed by atoms with E-state index in [9.17, 15) is 0 Å². The maximum Gasteiger partial charge on any atom is 0.230 e. The molecule has 1 aromatic rings. The van der Waals surface area contributed by atoms with Gasteiger partial charge in [-0.05, 0) is 0 Å². The summed E-state index contributed by atoms with van der Waals surface area (Å²) in [5.41, 5.74) is 5.22. The first-order chi connectivity index (χ1) is 4.36. The molecular formula is C5H10ClN3O. The van der Waals surface area contributed by atoms with E-state index in [1.54, 1.807) is 0 Å². The van der Waals surface area contributed by atoms with E-state index in [4.69, 9.17) is 10.2 Å². The third-order valence-corrected chi connectivity index (χ3v) is 0.986. The molecule has 1 heterocycles. The van der Waals surface area contributed by atoms with Crippen LogP contribution < -0.4 is 5.73 Å². The van der Waals surface area contributed by atoms with Gasteiger partial charge in [0, 0.05) is 6.42 Å². The maximum atomic E-state index is 5.22. The molecule has 0 unspecified atom stereocenters. The summed E-state index contributed by atoms with van der Waals surface area (Å²) in [6, 6.07) is 0. The Labute approximate surface area is 65.2 Å². The van der Waals surface area contributed by atoms with Crippen molar-refractivity contribution in [2.45, 2.75) is 19.9 Å². The van der Waals surface area contributed by atoms with Crippen LogP contribution in [0.1, 0.15) is 18.7 Å². The average Bonchev–Trinajstić information content (AvgIpc) is 2.34. The van der Waals surface area contributed by atoms with Gasteiger partial charge in [0.05, 0.1) is 6.54 Å². The first kappa shape index (κ1) is 9.39. The minimum atomic E-state index is 0. The topological polar surface area (TPSA) is 64.9 Å². The fraction of sp³-hybridized carbons (Fsp3) is 0.600. The number of aromatic nitrogens is 2. The van der Waals surface area contributed by atoms with E-state index in [0.717, 1.165) is 6.42 Å². The number of hydrogen-bond donors (Lipinski definition) is 1. The van der Waals surface area contributed by atoms with Crippen molar-refractivity contribution < 1.29 is 4.42 Å². The predicted octanol–water partition coefficient (Wildman–Crippen LogP) is 0.512. The lowest BCUT2D eigenvalue weighted by Gasteiger charge is -1.81. The second-order valence-corrected chi connectivity index (χ2v) is 1.65. The van der Waals surface area contributed by atoms with Crippen LogP contribution in [-0.4, -0.2) is 10.2 Å². The lowest BCUT2D eigenvalue weighted by atomic mass is 10.5. The van der Waals surface area contributed by atoms with Crippen molar-refractivity contribution in [3.63, 3.8) is 0 Å². The molecule has 0 spiro atoms. The van der Waals surface area contributed by atoms with Crippen molar-refractivity contribution in [2.24, 2.45) is 5.73 Å². The molecule has 0 atom stereocenters. The van der Waals surface area contributed by atoms with E-state index >= 15 is 0 Å². The summed E-state index contributed by atoms with van der Waals surface area (Å²) in [6.45, 7) is 2.28. The van der Waals surface area contributed by atoms with Gasteiger partial charge in [-0.2, -0.15) is 0 Å².